The van der Waals surface area contributed by atoms with Crippen molar-refractivity contribution in [2.75, 3.05) is 20.2 Å². The summed E-state index contributed by atoms with van der Waals surface area (Å²) in [6.07, 6.45) is 3.37. The van der Waals surface area contributed by atoms with E-state index in [1.54, 1.807) is 13.3 Å². The van der Waals surface area contributed by atoms with E-state index in [-0.39, 0.29) is 13.0 Å². The molecule has 0 saturated carbocycles. The molecule has 3 rings (SSSR count). The number of nitrogens with zero attached hydrogens (tertiary/aromatic N) is 3. The van der Waals surface area contributed by atoms with Crippen LogP contribution in [0.2, 0.25) is 0 Å². The number of carbonyl (C=O) groups is 1. The van der Waals surface area contributed by atoms with Crippen molar-refractivity contribution < 1.29 is 19.7 Å². The second kappa shape index (κ2) is 7.47. The van der Waals surface area contributed by atoms with Gasteiger partial charge < -0.3 is 19.5 Å². The number of hydrogen-bond donors (Lipinski definition) is 2. The molecule has 2 atom stereocenters. The first-order chi connectivity index (χ1) is 12.4. The van der Waals surface area contributed by atoms with Gasteiger partial charge in [-0.05, 0) is 30.5 Å². The average molecular weight is 359 g/mol. The second-order valence-corrected chi connectivity index (χ2v) is 6.96. The van der Waals surface area contributed by atoms with E-state index in [1.807, 2.05) is 42.1 Å². The molecule has 2 N–H and O–H groups in total. The predicted octanol–water partition coefficient (Wildman–Crippen LogP) is 1.31. The second-order valence-electron chi connectivity index (χ2n) is 6.96. The molecule has 1 saturated heterocycles. The maximum Gasteiger partial charge on any atom is 0.313 e. The fraction of sp³-hybridized carbons (Fsp3) is 0.474. The van der Waals surface area contributed by atoms with Gasteiger partial charge in [0.15, 0.2) is 0 Å². The number of likely N-dealkylation sites (tertiary alicyclic amines) is 1. The van der Waals surface area contributed by atoms with Crippen molar-refractivity contribution >= 4 is 5.97 Å². The molecule has 2 aromatic rings. The number of ether oxygens (including phenoxy) is 1. The normalized spacial score (nSPS) is 23.7. The summed E-state index contributed by atoms with van der Waals surface area (Å²) in [4.78, 5) is 18.6. The molecule has 1 aliphatic heterocycles. The van der Waals surface area contributed by atoms with Crippen LogP contribution in [0.15, 0.2) is 36.7 Å². The quantitative estimate of drug-likeness (QED) is 0.809. The largest absolute Gasteiger partial charge is 0.497 e. The summed E-state index contributed by atoms with van der Waals surface area (Å²) in [6, 6.07) is 7.36. The van der Waals surface area contributed by atoms with Gasteiger partial charge in [0.25, 0.3) is 0 Å². The predicted molar refractivity (Wildman–Crippen MR) is 95.9 cm³/mol. The molecule has 0 aliphatic carbocycles. The Morgan fingerprint density at radius 3 is 2.92 bits per heavy atom. The van der Waals surface area contributed by atoms with Gasteiger partial charge in [-0.15, -0.1) is 0 Å². The maximum absolute atomic E-state index is 12.2. The Labute approximate surface area is 152 Å². The van der Waals surface area contributed by atoms with Crippen molar-refractivity contribution in [3.05, 3.63) is 48.0 Å². The van der Waals surface area contributed by atoms with E-state index in [9.17, 15) is 15.0 Å². The van der Waals surface area contributed by atoms with Gasteiger partial charge in [-0.3, -0.25) is 9.69 Å². The minimum Gasteiger partial charge on any atom is -0.497 e. The van der Waals surface area contributed by atoms with Gasteiger partial charge in [-0.25, -0.2) is 4.98 Å². The molecule has 2 heterocycles. The molecular weight excluding hydrogens is 334 g/mol. The summed E-state index contributed by atoms with van der Waals surface area (Å²) in [5.74, 6) is 0.581. The van der Waals surface area contributed by atoms with E-state index in [0.717, 1.165) is 11.4 Å². The van der Waals surface area contributed by atoms with Crippen LogP contribution in [0.25, 0.3) is 0 Å². The van der Waals surface area contributed by atoms with Gasteiger partial charge in [0.2, 0.25) is 0 Å². The van der Waals surface area contributed by atoms with Crippen molar-refractivity contribution in [2.24, 2.45) is 12.5 Å². The van der Waals surface area contributed by atoms with Gasteiger partial charge in [0.05, 0.1) is 19.8 Å². The Bertz CT molecular complexity index is 776. The Kier molecular flexibility index (Phi) is 5.29. The number of hydrogen-bond acceptors (Lipinski definition) is 5. The number of aliphatic hydroxyl groups is 1. The van der Waals surface area contributed by atoms with Crippen molar-refractivity contribution in [1.29, 1.82) is 0 Å². The first kappa shape index (κ1) is 18.4. The van der Waals surface area contributed by atoms with Crippen LogP contribution in [-0.4, -0.2) is 56.9 Å². The standard InChI is InChI=1S/C19H25N3O4/c1-21-9-7-20-17(21)12-22-8-6-16(23)19(13-22,18(24)25)11-14-4-3-5-15(10-14)26-2/h3-5,7,9-10,16,23H,6,8,11-13H2,1-2H3,(H,24,25)/t16-,19+/m0/s1. The van der Waals surface area contributed by atoms with Crippen molar-refractivity contribution in [2.45, 2.75) is 25.5 Å². The van der Waals surface area contributed by atoms with Gasteiger partial charge in [-0.2, -0.15) is 0 Å². The third-order valence-electron chi connectivity index (χ3n) is 5.23. The Hall–Kier alpha value is -2.38. The molecule has 0 radical (unpaired) electrons. The van der Waals surface area contributed by atoms with Crippen LogP contribution in [0.5, 0.6) is 5.75 Å². The summed E-state index contributed by atoms with van der Waals surface area (Å²) in [5, 5.41) is 20.6. The fourth-order valence-electron chi connectivity index (χ4n) is 3.65. The molecule has 7 nitrogen and oxygen atoms in total. The smallest absolute Gasteiger partial charge is 0.313 e. The van der Waals surface area contributed by atoms with Crippen LogP contribution in [0.3, 0.4) is 0 Å². The lowest BCUT2D eigenvalue weighted by Crippen LogP contribution is -2.57. The summed E-state index contributed by atoms with van der Waals surface area (Å²) >= 11 is 0. The van der Waals surface area contributed by atoms with E-state index in [4.69, 9.17) is 4.74 Å². The molecule has 0 amide bonds. The molecule has 0 bridgehead atoms. The highest BCUT2D eigenvalue weighted by Gasteiger charge is 2.49. The van der Waals surface area contributed by atoms with Gasteiger partial charge in [-0.1, -0.05) is 12.1 Å². The zero-order chi connectivity index (χ0) is 18.7. The molecule has 1 aliphatic rings. The van der Waals surface area contributed by atoms with Gasteiger partial charge in [0.1, 0.15) is 17.0 Å². The van der Waals surface area contributed by atoms with E-state index in [1.165, 1.54) is 0 Å². The Balaban J connectivity index is 1.84. The minimum absolute atomic E-state index is 0.248. The summed E-state index contributed by atoms with van der Waals surface area (Å²) < 4.78 is 7.16. The highest BCUT2D eigenvalue weighted by atomic mass is 16.5. The summed E-state index contributed by atoms with van der Waals surface area (Å²) in [7, 11) is 3.50. The van der Waals surface area contributed by atoms with Gasteiger partial charge in [0, 0.05) is 32.5 Å². The molecule has 0 unspecified atom stereocenters. The average Bonchev–Trinajstić information content (AvgIpc) is 3.02. The Morgan fingerprint density at radius 1 is 1.46 bits per heavy atom. The fourth-order valence-corrected chi connectivity index (χ4v) is 3.65. The first-order valence-corrected chi connectivity index (χ1v) is 8.67. The highest BCUT2D eigenvalue weighted by Crippen LogP contribution is 2.35. The monoisotopic (exact) mass is 359 g/mol. The Morgan fingerprint density at radius 2 is 2.27 bits per heavy atom. The number of piperidine rings is 1. The number of aromatic nitrogens is 2. The van der Waals surface area contributed by atoms with E-state index >= 15 is 0 Å². The number of aliphatic hydroxyl groups excluding tert-OH is 1. The minimum atomic E-state index is -1.25. The molecule has 1 aromatic heterocycles. The van der Waals surface area contributed by atoms with Crippen LogP contribution in [-0.2, 0) is 24.8 Å². The zero-order valence-electron chi connectivity index (χ0n) is 15.1. The van der Waals surface area contributed by atoms with Crippen LogP contribution in [0.4, 0.5) is 0 Å². The molecule has 7 heteroatoms. The molecule has 0 spiro atoms. The number of carboxylic acid groups (broad SMARTS) is 1. The molecule has 1 aromatic carbocycles. The number of aryl methyl sites for hydroxylation is 1. The number of carboxylic acids is 1. The number of methoxy groups -OCH3 is 1. The highest BCUT2D eigenvalue weighted by molar-refractivity contribution is 5.76. The first-order valence-electron chi connectivity index (χ1n) is 8.67. The van der Waals surface area contributed by atoms with Crippen molar-refractivity contribution in [3.63, 3.8) is 0 Å². The zero-order valence-corrected chi connectivity index (χ0v) is 15.1. The number of benzene rings is 1. The van der Waals surface area contributed by atoms with Gasteiger partial charge >= 0.3 is 5.97 Å². The van der Waals surface area contributed by atoms with Crippen molar-refractivity contribution in [1.82, 2.24) is 14.5 Å². The number of aliphatic carboxylic acids is 1. The third-order valence-corrected chi connectivity index (χ3v) is 5.23. The van der Waals surface area contributed by atoms with E-state index in [0.29, 0.717) is 25.3 Å². The lowest BCUT2D eigenvalue weighted by molar-refractivity contribution is -0.163. The SMILES string of the molecule is COc1cccc(C[C@@]2(C(=O)O)CN(Cc3nccn3C)CC[C@@H]2O)c1. The molecule has 26 heavy (non-hydrogen) atoms. The number of rotatable bonds is 6. The topological polar surface area (TPSA) is 87.8 Å². The lowest BCUT2D eigenvalue weighted by Gasteiger charge is -2.43. The molecule has 1 fully saturated rings. The van der Waals surface area contributed by atoms with Crippen LogP contribution >= 0.6 is 0 Å². The summed E-state index contributed by atoms with van der Waals surface area (Å²) in [5.41, 5.74) is -0.417. The third kappa shape index (κ3) is 3.59. The maximum atomic E-state index is 12.2. The van der Waals surface area contributed by atoms with E-state index < -0.39 is 17.5 Å². The van der Waals surface area contributed by atoms with Crippen molar-refractivity contribution in [3.8, 4) is 5.75 Å². The molecule has 140 valence electrons. The van der Waals surface area contributed by atoms with Crippen LogP contribution in [0, 0.1) is 5.41 Å². The van der Waals surface area contributed by atoms with E-state index in [2.05, 4.69) is 9.88 Å². The summed E-state index contributed by atoms with van der Waals surface area (Å²) in [6.45, 7) is 1.47. The lowest BCUT2D eigenvalue weighted by atomic mass is 9.73. The molecular formula is C19H25N3O4. The number of imidazole rings is 1. The van der Waals surface area contributed by atoms with Crippen LogP contribution in [0.1, 0.15) is 17.8 Å². The van der Waals surface area contributed by atoms with Crippen LogP contribution < -0.4 is 4.74 Å².